The number of halogens is 1. The van der Waals surface area contributed by atoms with Crippen LogP contribution in [0.15, 0.2) is 59.5 Å². The lowest BCUT2D eigenvalue weighted by molar-refractivity contribution is -0.117. The van der Waals surface area contributed by atoms with E-state index in [9.17, 15) is 9.59 Å². The van der Waals surface area contributed by atoms with Crippen molar-refractivity contribution in [3.63, 3.8) is 0 Å². The van der Waals surface area contributed by atoms with Crippen LogP contribution in [0.2, 0.25) is 5.02 Å². The van der Waals surface area contributed by atoms with Gasteiger partial charge in [-0.25, -0.2) is 9.67 Å². The van der Waals surface area contributed by atoms with Crippen molar-refractivity contribution in [3.05, 3.63) is 75.7 Å². The van der Waals surface area contributed by atoms with Gasteiger partial charge in [-0.3, -0.25) is 9.59 Å². The Bertz CT molecular complexity index is 967. The molecule has 3 rings (SSSR count). The normalized spacial score (nSPS) is 10.5. The van der Waals surface area contributed by atoms with Gasteiger partial charge in [-0.15, -0.1) is 0 Å². The zero-order valence-electron chi connectivity index (χ0n) is 13.4. The van der Waals surface area contributed by atoms with Crippen molar-refractivity contribution < 1.29 is 4.79 Å². The average molecular weight is 355 g/mol. The number of nitrogens with zero attached hydrogens (tertiary/aromatic N) is 3. The highest BCUT2D eigenvalue weighted by atomic mass is 35.5. The molecule has 2 aromatic heterocycles. The van der Waals surface area contributed by atoms with Crippen LogP contribution in [0.1, 0.15) is 5.56 Å². The van der Waals surface area contributed by atoms with E-state index in [0.29, 0.717) is 16.5 Å². The first-order valence-electron chi connectivity index (χ1n) is 7.58. The van der Waals surface area contributed by atoms with Gasteiger partial charge in [0.25, 0.3) is 5.56 Å². The van der Waals surface area contributed by atoms with Crippen molar-refractivity contribution in [2.75, 3.05) is 5.32 Å². The molecule has 0 unspecified atom stereocenters. The van der Waals surface area contributed by atoms with Crippen molar-refractivity contribution in [2.24, 2.45) is 0 Å². The van der Waals surface area contributed by atoms with E-state index in [1.54, 1.807) is 42.6 Å². The Morgan fingerprint density at radius 2 is 1.92 bits per heavy atom. The van der Waals surface area contributed by atoms with Crippen molar-refractivity contribution in [3.8, 4) is 11.3 Å². The SMILES string of the molecule is Cc1ccnc(NC(=O)Cn2nc(-c3ccc(Cl)cc3)ccc2=O)c1. The van der Waals surface area contributed by atoms with Gasteiger partial charge in [0.1, 0.15) is 12.4 Å². The number of carbonyl (C=O) groups is 1. The number of hydrogen-bond acceptors (Lipinski definition) is 4. The first-order valence-corrected chi connectivity index (χ1v) is 7.96. The molecule has 0 spiro atoms. The van der Waals surface area contributed by atoms with Crippen LogP contribution in [0, 0.1) is 6.92 Å². The molecule has 2 heterocycles. The van der Waals surface area contributed by atoms with Gasteiger partial charge in [-0.2, -0.15) is 5.10 Å². The van der Waals surface area contributed by atoms with Crippen LogP contribution >= 0.6 is 11.6 Å². The van der Waals surface area contributed by atoms with Gasteiger partial charge in [-0.05, 0) is 42.8 Å². The van der Waals surface area contributed by atoms with Crippen LogP contribution in [0.4, 0.5) is 5.82 Å². The van der Waals surface area contributed by atoms with Gasteiger partial charge in [0.05, 0.1) is 5.69 Å². The number of rotatable bonds is 4. The van der Waals surface area contributed by atoms with E-state index in [4.69, 9.17) is 11.6 Å². The summed E-state index contributed by atoms with van der Waals surface area (Å²) in [7, 11) is 0. The third-order valence-corrected chi connectivity index (χ3v) is 3.73. The predicted octanol–water partition coefficient (Wildman–Crippen LogP) is 2.91. The van der Waals surface area contributed by atoms with Gasteiger partial charge in [0, 0.05) is 22.8 Å². The van der Waals surface area contributed by atoms with Crippen molar-refractivity contribution in [1.82, 2.24) is 14.8 Å². The summed E-state index contributed by atoms with van der Waals surface area (Å²) in [5, 5.41) is 7.52. The molecule has 0 atom stereocenters. The van der Waals surface area contributed by atoms with Crippen molar-refractivity contribution in [2.45, 2.75) is 13.5 Å². The predicted molar refractivity (Wildman–Crippen MR) is 96.5 cm³/mol. The summed E-state index contributed by atoms with van der Waals surface area (Å²) in [5.41, 5.74) is 2.01. The minimum absolute atomic E-state index is 0.199. The Morgan fingerprint density at radius 1 is 1.16 bits per heavy atom. The highest BCUT2D eigenvalue weighted by Crippen LogP contribution is 2.18. The van der Waals surface area contributed by atoms with Gasteiger partial charge in [0.15, 0.2) is 0 Å². The second kappa shape index (κ2) is 7.27. The zero-order valence-corrected chi connectivity index (χ0v) is 14.2. The molecule has 0 saturated heterocycles. The molecule has 0 radical (unpaired) electrons. The summed E-state index contributed by atoms with van der Waals surface area (Å²) in [6.45, 7) is 1.70. The van der Waals surface area contributed by atoms with Crippen LogP contribution in [-0.4, -0.2) is 20.7 Å². The molecule has 0 bridgehead atoms. The topological polar surface area (TPSA) is 76.9 Å². The standard InChI is InChI=1S/C18H15ClN4O2/c1-12-8-9-20-16(10-12)21-17(24)11-23-18(25)7-6-15(22-23)13-2-4-14(19)5-3-13/h2-10H,11H2,1H3,(H,20,21,24). The van der Waals surface area contributed by atoms with Gasteiger partial charge in [-0.1, -0.05) is 23.7 Å². The molecule has 7 heteroatoms. The zero-order chi connectivity index (χ0) is 17.8. The highest BCUT2D eigenvalue weighted by molar-refractivity contribution is 6.30. The number of pyridine rings is 1. The van der Waals surface area contributed by atoms with Crippen LogP contribution < -0.4 is 10.9 Å². The fourth-order valence-corrected chi connectivity index (χ4v) is 2.39. The Kier molecular flexibility index (Phi) is 4.90. The smallest absolute Gasteiger partial charge is 0.267 e. The molecular weight excluding hydrogens is 340 g/mol. The third-order valence-electron chi connectivity index (χ3n) is 3.48. The number of amides is 1. The lowest BCUT2D eigenvalue weighted by Crippen LogP contribution is -2.29. The van der Waals surface area contributed by atoms with E-state index in [2.05, 4.69) is 15.4 Å². The molecule has 1 aromatic carbocycles. The lowest BCUT2D eigenvalue weighted by atomic mass is 10.1. The number of nitrogens with one attached hydrogen (secondary N) is 1. The van der Waals surface area contributed by atoms with Crippen molar-refractivity contribution in [1.29, 1.82) is 0 Å². The van der Waals surface area contributed by atoms with Crippen LogP contribution in [0.5, 0.6) is 0 Å². The number of hydrogen-bond donors (Lipinski definition) is 1. The van der Waals surface area contributed by atoms with E-state index in [1.807, 2.05) is 13.0 Å². The summed E-state index contributed by atoms with van der Waals surface area (Å²) in [6, 6.07) is 13.7. The molecule has 3 aromatic rings. The van der Waals surface area contributed by atoms with Gasteiger partial charge < -0.3 is 5.32 Å². The molecule has 1 N–H and O–H groups in total. The minimum atomic E-state index is -0.374. The monoisotopic (exact) mass is 354 g/mol. The highest BCUT2D eigenvalue weighted by Gasteiger charge is 2.09. The average Bonchev–Trinajstić information content (AvgIpc) is 2.57. The Labute approximate surface area is 149 Å². The maximum absolute atomic E-state index is 12.2. The first kappa shape index (κ1) is 16.9. The summed E-state index contributed by atoms with van der Waals surface area (Å²) in [5.74, 6) is 0.0628. The lowest BCUT2D eigenvalue weighted by Gasteiger charge is -2.08. The minimum Gasteiger partial charge on any atom is -0.309 e. The Hall–Kier alpha value is -2.99. The van der Waals surface area contributed by atoms with Gasteiger partial charge in [0.2, 0.25) is 5.91 Å². The second-order valence-electron chi connectivity index (χ2n) is 5.49. The van der Waals surface area contributed by atoms with E-state index < -0.39 is 0 Å². The fourth-order valence-electron chi connectivity index (χ4n) is 2.26. The van der Waals surface area contributed by atoms with Gasteiger partial charge >= 0.3 is 0 Å². The summed E-state index contributed by atoms with van der Waals surface area (Å²) >= 11 is 5.88. The Balaban J connectivity index is 1.80. The van der Waals surface area contributed by atoms with E-state index in [-0.39, 0.29) is 18.0 Å². The van der Waals surface area contributed by atoms with Crippen molar-refractivity contribution >= 4 is 23.3 Å². The van der Waals surface area contributed by atoms with E-state index in [0.717, 1.165) is 15.8 Å². The van der Waals surface area contributed by atoms with Crippen LogP contribution in [0.25, 0.3) is 11.3 Å². The molecular formula is C18H15ClN4O2. The van der Waals surface area contributed by atoms with E-state index in [1.165, 1.54) is 6.07 Å². The molecule has 25 heavy (non-hydrogen) atoms. The molecule has 0 fully saturated rings. The Morgan fingerprint density at radius 3 is 2.64 bits per heavy atom. The quantitative estimate of drug-likeness (QED) is 0.781. The number of anilines is 1. The molecule has 126 valence electrons. The molecule has 0 aliphatic carbocycles. The second-order valence-corrected chi connectivity index (χ2v) is 5.92. The summed E-state index contributed by atoms with van der Waals surface area (Å²) in [4.78, 5) is 28.2. The number of carbonyl (C=O) groups excluding carboxylic acids is 1. The molecule has 1 amide bonds. The van der Waals surface area contributed by atoms with Crippen LogP contribution in [-0.2, 0) is 11.3 Å². The summed E-state index contributed by atoms with van der Waals surface area (Å²) < 4.78 is 1.12. The third kappa shape index (κ3) is 4.30. The summed E-state index contributed by atoms with van der Waals surface area (Å²) in [6.07, 6.45) is 1.61. The van der Waals surface area contributed by atoms with Crippen LogP contribution in [0.3, 0.4) is 0 Å². The maximum Gasteiger partial charge on any atom is 0.267 e. The largest absolute Gasteiger partial charge is 0.309 e. The number of aromatic nitrogens is 3. The fraction of sp³-hybridized carbons (Fsp3) is 0.111. The molecule has 0 aliphatic rings. The maximum atomic E-state index is 12.2. The molecule has 6 nitrogen and oxygen atoms in total. The van der Waals surface area contributed by atoms with E-state index >= 15 is 0 Å². The number of aryl methyl sites for hydroxylation is 1. The molecule has 0 aliphatic heterocycles. The first-order chi connectivity index (χ1) is 12.0. The molecule has 0 saturated carbocycles. The number of benzene rings is 1.